The molecule has 1 fully saturated rings. The quantitative estimate of drug-likeness (QED) is 0.900. The van der Waals surface area contributed by atoms with Crippen molar-refractivity contribution in [2.24, 2.45) is 0 Å². The molecule has 112 valence electrons. The van der Waals surface area contributed by atoms with Gasteiger partial charge in [-0.1, -0.05) is 11.6 Å². The topological polar surface area (TPSA) is 54.0 Å². The molecule has 1 unspecified atom stereocenters. The number of hydrogen-bond donors (Lipinski definition) is 2. The molecule has 0 spiro atoms. The fraction of sp³-hybridized carbons (Fsp3) is 0.429. The van der Waals surface area contributed by atoms with Crippen molar-refractivity contribution in [2.45, 2.75) is 25.8 Å². The average Bonchev–Trinajstić information content (AvgIpc) is 3.06. The number of aromatic nitrogens is 1. The third-order valence-corrected chi connectivity index (χ3v) is 5.98. The number of rotatable bonds is 3. The van der Waals surface area contributed by atoms with E-state index in [1.807, 2.05) is 19.1 Å². The normalized spacial score (nSPS) is 18.7. The number of carbonyl (C=O) groups is 1. The molecule has 0 aromatic carbocycles. The van der Waals surface area contributed by atoms with E-state index in [1.54, 1.807) is 0 Å². The molecule has 0 bridgehead atoms. The molecule has 1 aliphatic heterocycles. The monoisotopic (exact) mass is 341 g/mol. The lowest BCUT2D eigenvalue weighted by Gasteiger charge is -2.23. The van der Waals surface area contributed by atoms with Gasteiger partial charge in [0.25, 0.3) is 5.91 Å². The van der Waals surface area contributed by atoms with Crippen LogP contribution in [0.2, 0.25) is 4.34 Å². The van der Waals surface area contributed by atoms with Gasteiger partial charge < -0.3 is 10.6 Å². The van der Waals surface area contributed by atoms with E-state index in [9.17, 15) is 4.79 Å². The molecule has 0 saturated carbocycles. The molecule has 4 nitrogen and oxygen atoms in total. The van der Waals surface area contributed by atoms with Crippen LogP contribution in [0.5, 0.6) is 0 Å². The highest BCUT2D eigenvalue weighted by Crippen LogP contribution is 2.34. The van der Waals surface area contributed by atoms with Crippen molar-refractivity contribution in [2.75, 3.05) is 13.1 Å². The molecule has 0 aliphatic carbocycles. The Morgan fingerprint density at radius 3 is 3.00 bits per heavy atom. The summed E-state index contributed by atoms with van der Waals surface area (Å²) in [7, 11) is 0. The van der Waals surface area contributed by atoms with Gasteiger partial charge in [-0.2, -0.15) is 0 Å². The molecule has 3 heterocycles. The maximum absolute atomic E-state index is 12.4. The van der Waals surface area contributed by atoms with Crippen LogP contribution in [0.15, 0.2) is 12.1 Å². The molecule has 1 aliphatic rings. The van der Waals surface area contributed by atoms with Gasteiger partial charge >= 0.3 is 0 Å². The molecule has 3 rings (SSSR count). The number of piperidine rings is 1. The molecular formula is C14H16ClN3OS2. The first kappa shape index (κ1) is 15.0. The van der Waals surface area contributed by atoms with E-state index in [4.69, 9.17) is 11.6 Å². The van der Waals surface area contributed by atoms with Crippen LogP contribution in [-0.2, 0) is 0 Å². The third-order valence-electron chi connectivity index (χ3n) is 3.42. The van der Waals surface area contributed by atoms with Gasteiger partial charge in [0.15, 0.2) is 0 Å². The SMILES string of the molecule is Cc1nc(-c2ccc(Cl)s2)sc1C(=O)NC1CCCNC1. The number of nitrogens with one attached hydrogen (secondary N) is 2. The number of amides is 1. The Morgan fingerprint density at radius 2 is 2.33 bits per heavy atom. The van der Waals surface area contributed by atoms with Crippen LogP contribution in [0, 0.1) is 6.92 Å². The third kappa shape index (κ3) is 3.45. The Bertz CT molecular complexity index is 646. The number of carbonyl (C=O) groups excluding carboxylic acids is 1. The summed E-state index contributed by atoms with van der Waals surface area (Å²) in [6.45, 7) is 3.76. The fourth-order valence-corrected chi connectivity index (χ4v) is 4.43. The Morgan fingerprint density at radius 1 is 1.48 bits per heavy atom. The number of thiazole rings is 1. The highest BCUT2D eigenvalue weighted by Gasteiger charge is 2.21. The van der Waals surface area contributed by atoms with Crippen molar-refractivity contribution in [1.29, 1.82) is 0 Å². The van der Waals surface area contributed by atoms with Gasteiger partial charge in [0.05, 0.1) is 14.9 Å². The minimum atomic E-state index is -0.0207. The van der Waals surface area contributed by atoms with Crippen molar-refractivity contribution in [1.82, 2.24) is 15.6 Å². The standard InChI is InChI=1S/C14H16ClN3OS2/c1-8-12(13(19)18-9-3-2-6-16-7-9)21-14(17-8)10-4-5-11(15)20-10/h4-5,9,16H,2-3,6-7H2,1H3,(H,18,19). The first-order valence-corrected chi connectivity index (χ1v) is 8.89. The molecule has 1 atom stereocenters. The lowest BCUT2D eigenvalue weighted by Crippen LogP contribution is -2.45. The maximum Gasteiger partial charge on any atom is 0.263 e. The summed E-state index contributed by atoms with van der Waals surface area (Å²) in [5, 5.41) is 7.25. The second-order valence-electron chi connectivity index (χ2n) is 5.05. The number of nitrogens with zero attached hydrogens (tertiary/aromatic N) is 1. The number of hydrogen-bond acceptors (Lipinski definition) is 5. The van der Waals surface area contributed by atoms with Gasteiger partial charge in [-0.05, 0) is 38.4 Å². The molecule has 2 N–H and O–H groups in total. The summed E-state index contributed by atoms with van der Waals surface area (Å²) in [5.41, 5.74) is 0.779. The minimum absolute atomic E-state index is 0.0207. The van der Waals surface area contributed by atoms with Gasteiger partial charge in [-0.25, -0.2) is 4.98 Å². The van der Waals surface area contributed by atoms with Gasteiger partial charge in [-0.15, -0.1) is 22.7 Å². The van der Waals surface area contributed by atoms with Crippen LogP contribution in [-0.4, -0.2) is 30.0 Å². The van der Waals surface area contributed by atoms with Crippen LogP contribution in [0.4, 0.5) is 0 Å². The zero-order valence-corrected chi connectivity index (χ0v) is 14.0. The van der Waals surface area contributed by atoms with Gasteiger partial charge in [0.2, 0.25) is 0 Å². The maximum atomic E-state index is 12.4. The van der Waals surface area contributed by atoms with Gasteiger partial charge in [0, 0.05) is 12.6 Å². The molecular weight excluding hydrogens is 326 g/mol. The van der Waals surface area contributed by atoms with Crippen molar-refractivity contribution >= 4 is 40.2 Å². The van der Waals surface area contributed by atoms with E-state index in [1.165, 1.54) is 22.7 Å². The lowest BCUT2D eigenvalue weighted by atomic mass is 10.1. The van der Waals surface area contributed by atoms with Crippen LogP contribution < -0.4 is 10.6 Å². The molecule has 2 aromatic heterocycles. The minimum Gasteiger partial charge on any atom is -0.347 e. The van der Waals surface area contributed by atoms with E-state index in [2.05, 4.69) is 15.6 Å². The average molecular weight is 342 g/mol. The summed E-state index contributed by atoms with van der Waals surface area (Å²) in [5.74, 6) is -0.0207. The number of aryl methyl sites for hydroxylation is 1. The van der Waals surface area contributed by atoms with Crippen LogP contribution in [0.25, 0.3) is 9.88 Å². The predicted octanol–water partition coefficient (Wildman–Crippen LogP) is 3.32. The Labute approximate surface area is 136 Å². The lowest BCUT2D eigenvalue weighted by molar-refractivity contribution is 0.0934. The zero-order chi connectivity index (χ0) is 14.8. The van der Waals surface area contributed by atoms with E-state index < -0.39 is 0 Å². The van der Waals surface area contributed by atoms with Gasteiger partial charge in [0.1, 0.15) is 9.88 Å². The van der Waals surface area contributed by atoms with Crippen molar-refractivity contribution in [3.63, 3.8) is 0 Å². The largest absolute Gasteiger partial charge is 0.347 e. The zero-order valence-electron chi connectivity index (χ0n) is 11.6. The van der Waals surface area contributed by atoms with Gasteiger partial charge in [-0.3, -0.25) is 4.79 Å². The molecule has 7 heteroatoms. The Kier molecular flexibility index (Phi) is 4.59. The fourth-order valence-electron chi connectivity index (χ4n) is 2.37. The summed E-state index contributed by atoms with van der Waals surface area (Å²) >= 11 is 8.87. The van der Waals surface area contributed by atoms with Crippen molar-refractivity contribution in [3.8, 4) is 9.88 Å². The molecule has 0 radical (unpaired) electrons. The van der Waals surface area contributed by atoms with E-state index >= 15 is 0 Å². The second-order valence-corrected chi connectivity index (χ2v) is 7.77. The van der Waals surface area contributed by atoms with Crippen LogP contribution in [0.3, 0.4) is 0 Å². The summed E-state index contributed by atoms with van der Waals surface area (Å²) in [4.78, 5) is 18.6. The predicted molar refractivity (Wildman–Crippen MR) is 88.5 cm³/mol. The molecule has 21 heavy (non-hydrogen) atoms. The Hall–Kier alpha value is -0.950. The van der Waals surface area contributed by atoms with Crippen molar-refractivity contribution < 1.29 is 4.79 Å². The second kappa shape index (κ2) is 6.44. The van der Waals surface area contributed by atoms with Crippen LogP contribution in [0.1, 0.15) is 28.2 Å². The highest BCUT2D eigenvalue weighted by atomic mass is 35.5. The highest BCUT2D eigenvalue weighted by molar-refractivity contribution is 7.24. The summed E-state index contributed by atoms with van der Waals surface area (Å²) < 4.78 is 0.733. The molecule has 1 saturated heterocycles. The first-order chi connectivity index (χ1) is 10.1. The van der Waals surface area contributed by atoms with E-state index in [0.29, 0.717) is 4.88 Å². The van der Waals surface area contributed by atoms with Crippen LogP contribution >= 0.6 is 34.3 Å². The van der Waals surface area contributed by atoms with E-state index in [-0.39, 0.29) is 11.9 Å². The van der Waals surface area contributed by atoms with Crippen molar-refractivity contribution in [3.05, 3.63) is 27.0 Å². The molecule has 1 amide bonds. The number of halogens is 1. The number of thiophene rings is 1. The molecule has 2 aromatic rings. The first-order valence-electron chi connectivity index (χ1n) is 6.88. The van der Waals surface area contributed by atoms with E-state index in [0.717, 1.165) is 45.8 Å². The smallest absolute Gasteiger partial charge is 0.263 e. The Balaban J connectivity index is 1.75. The summed E-state index contributed by atoms with van der Waals surface area (Å²) in [6, 6.07) is 4.01. The summed E-state index contributed by atoms with van der Waals surface area (Å²) in [6.07, 6.45) is 2.13.